The van der Waals surface area contributed by atoms with E-state index >= 15 is 0 Å². The summed E-state index contributed by atoms with van der Waals surface area (Å²) in [4.78, 5) is 5.84. The van der Waals surface area contributed by atoms with E-state index in [-0.39, 0.29) is 0 Å². The maximum Gasteiger partial charge on any atom is 0.109 e. The van der Waals surface area contributed by atoms with Crippen molar-refractivity contribution in [1.82, 2.24) is 15.6 Å². The van der Waals surface area contributed by atoms with E-state index in [1.54, 1.807) is 0 Å². The van der Waals surface area contributed by atoms with Crippen LogP contribution in [0, 0.1) is 0 Å². The van der Waals surface area contributed by atoms with Gasteiger partial charge in [-0.15, -0.1) is 11.3 Å². The summed E-state index contributed by atoms with van der Waals surface area (Å²) in [6.07, 6.45) is 5.54. The van der Waals surface area contributed by atoms with Gasteiger partial charge in [0.25, 0.3) is 0 Å². The predicted octanol–water partition coefficient (Wildman–Crippen LogP) is 3.13. The van der Waals surface area contributed by atoms with Crippen molar-refractivity contribution in [2.24, 2.45) is 0 Å². The van der Waals surface area contributed by atoms with E-state index in [1.165, 1.54) is 22.7 Å². The van der Waals surface area contributed by atoms with Gasteiger partial charge in [-0.05, 0) is 39.3 Å². The zero-order valence-corrected chi connectivity index (χ0v) is 12.9. The Morgan fingerprint density at radius 2 is 1.83 bits per heavy atom. The minimum atomic E-state index is 0.383. The molecule has 1 rings (SSSR count). The molecule has 1 aromatic heterocycles. The van der Waals surface area contributed by atoms with Crippen molar-refractivity contribution in [3.63, 3.8) is 0 Å². The summed E-state index contributed by atoms with van der Waals surface area (Å²) < 4.78 is 0. The first-order valence-electron chi connectivity index (χ1n) is 7.04. The van der Waals surface area contributed by atoms with Crippen LogP contribution in [0.5, 0.6) is 0 Å². The Bertz CT molecular complexity index is 323. The highest BCUT2D eigenvalue weighted by atomic mass is 32.1. The summed E-state index contributed by atoms with van der Waals surface area (Å²) in [6, 6.07) is 0.980. The highest BCUT2D eigenvalue weighted by molar-refractivity contribution is 7.11. The Morgan fingerprint density at radius 1 is 1.17 bits per heavy atom. The molecule has 0 radical (unpaired) electrons. The van der Waals surface area contributed by atoms with Gasteiger partial charge in [-0.1, -0.05) is 20.8 Å². The fourth-order valence-corrected chi connectivity index (χ4v) is 2.62. The molecule has 0 aliphatic carbocycles. The largest absolute Gasteiger partial charge is 0.315 e. The monoisotopic (exact) mass is 269 g/mol. The lowest BCUT2D eigenvalue weighted by Gasteiger charge is -2.11. The SMILES string of the molecule is CCc1cnc(C(C)NCCCCNC(C)C)s1. The Balaban J connectivity index is 2.11. The first-order valence-corrected chi connectivity index (χ1v) is 7.86. The van der Waals surface area contributed by atoms with Gasteiger partial charge in [0.05, 0.1) is 6.04 Å². The molecular formula is C14H27N3S. The molecular weight excluding hydrogens is 242 g/mol. The number of hydrogen-bond acceptors (Lipinski definition) is 4. The summed E-state index contributed by atoms with van der Waals surface area (Å²) in [5.74, 6) is 0. The normalized spacial score (nSPS) is 13.2. The van der Waals surface area contributed by atoms with E-state index < -0.39 is 0 Å². The first kappa shape index (κ1) is 15.6. The van der Waals surface area contributed by atoms with Crippen molar-refractivity contribution in [2.45, 2.75) is 59.0 Å². The molecule has 1 heterocycles. The Labute approximate surface area is 115 Å². The molecule has 1 aromatic rings. The molecule has 1 unspecified atom stereocenters. The summed E-state index contributed by atoms with van der Waals surface area (Å²) in [7, 11) is 0. The van der Waals surface area contributed by atoms with Crippen molar-refractivity contribution in [3.8, 4) is 0 Å². The zero-order chi connectivity index (χ0) is 13.4. The van der Waals surface area contributed by atoms with Gasteiger partial charge >= 0.3 is 0 Å². The van der Waals surface area contributed by atoms with Gasteiger partial charge in [0.2, 0.25) is 0 Å². The second-order valence-electron chi connectivity index (χ2n) is 5.01. The van der Waals surface area contributed by atoms with Crippen LogP contribution in [-0.4, -0.2) is 24.1 Å². The van der Waals surface area contributed by atoms with Crippen LogP contribution in [0.1, 0.15) is 56.5 Å². The molecule has 4 heteroatoms. The molecule has 0 spiro atoms. The molecule has 3 nitrogen and oxygen atoms in total. The number of hydrogen-bond donors (Lipinski definition) is 2. The minimum absolute atomic E-state index is 0.383. The summed E-state index contributed by atoms with van der Waals surface area (Å²) in [6.45, 7) is 10.9. The summed E-state index contributed by atoms with van der Waals surface area (Å²) >= 11 is 1.83. The maximum atomic E-state index is 4.47. The third-order valence-corrected chi connectivity index (χ3v) is 4.22. The Hall–Kier alpha value is -0.450. The van der Waals surface area contributed by atoms with E-state index in [9.17, 15) is 0 Å². The summed E-state index contributed by atoms with van der Waals surface area (Å²) in [5.41, 5.74) is 0. The average Bonchev–Trinajstić information content (AvgIpc) is 2.81. The molecule has 0 bridgehead atoms. The Morgan fingerprint density at radius 3 is 2.39 bits per heavy atom. The number of unbranched alkanes of at least 4 members (excludes halogenated alkanes) is 1. The number of aromatic nitrogens is 1. The number of rotatable bonds is 9. The third kappa shape index (κ3) is 5.94. The van der Waals surface area contributed by atoms with Crippen molar-refractivity contribution >= 4 is 11.3 Å². The van der Waals surface area contributed by atoms with Crippen LogP contribution in [0.25, 0.3) is 0 Å². The quantitative estimate of drug-likeness (QED) is 0.676. The second kappa shape index (κ2) is 8.62. The Kier molecular flexibility index (Phi) is 7.47. The van der Waals surface area contributed by atoms with Crippen molar-refractivity contribution < 1.29 is 0 Å². The smallest absolute Gasteiger partial charge is 0.109 e. The molecule has 1 atom stereocenters. The van der Waals surface area contributed by atoms with E-state index in [0.29, 0.717) is 12.1 Å². The number of thiazole rings is 1. The van der Waals surface area contributed by atoms with Crippen LogP contribution in [0.3, 0.4) is 0 Å². The molecule has 0 aromatic carbocycles. The second-order valence-corrected chi connectivity index (χ2v) is 6.16. The van der Waals surface area contributed by atoms with E-state index in [0.717, 1.165) is 19.5 Å². The molecule has 0 aliphatic rings. The number of aryl methyl sites for hydroxylation is 1. The van der Waals surface area contributed by atoms with Gasteiger partial charge in [0.1, 0.15) is 5.01 Å². The highest BCUT2D eigenvalue weighted by Gasteiger charge is 2.08. The molecule has 0 saturated carbocycles. The van der Waals surface area contributed by atoms with Crippen LogP contribution < -0.4 is 10.6 Å². The van der Waals surface area contributed by atoms with Crippen molar-refractivity contribution in [1.29, 1.82) is 0 Å². The van der Waals surface area contributed by atoms with Crippen molar-refractivity contribution in [2.75, 3.05) is 13.1 Å². The van der Waals surface area contributed by atoms with E-state index in [1.807, 2.05) is 17.5 Å². The van der Waals surface area contributed by atoms with Gasteiger partial charge in [0.15, 0.2) is 0 Å². The number of nitrogens with zero attached hydrogens (tertiary/aromatic N) is 1. The van der Waals surface area contributed by atoms with Crippen molar-refractivity contribution in [3.05, 3.63) is 16.1 Å². The molecule has 0 fully saturated rings. The lowest BCUT2D eigenvalue weighted by atomic mass is 10.2. The average molecular weight is 269 g/mol. The van der Waals surface area contributed by atoms with Crippen LogP contribution in [0.4, 0.5) is 0 Å². The van der Waals surface area contributed by atoms with Crippen LogP contribution in [0.2, 0.25) is 0 Å². The van der Waals surface area contributed by atoms with Gasteiger partial charge in [0, 0.05) is 17.1 Å². The lowest BCUT2D eigenvalue weighted by Crippen LogP contribution is -2.25. The van der Waals surface area contributed by atoms with E-state index in [2.05, 4.69) is 43.3 Å². The summed E-state index contributed by atoms with van der Waals surface area (Å²) in [5, 5.41) is 8.20. The van der Waals surface area contributed by atoms with Gasteiger partial charge in [-0.25, -0.2) is 4.98 Å². The van der Waals surface area contributed by atoms with Crippen LogP contribution >= 0.6 is 11.3 Å². The highest BCUT2D eigenvalue weighted by Crippen LogP contribution is 2.19. The molecule has 18 heavy (non-hydrogen) atoms. The van der Waals surface area contributed by atoms with Crippen LogP contribution in [-0.2, 0) is 6.42 Å². The standard InChI is InChI=1S/C14H27N3S/c1-5-13-10-17-14(18-13)12(4)16-9-7-6-8-15-11(2)3/h10-12,15-16H,5-9H2,1-4H3. The fourth-order valence-electron chi connectivity index (χ4n) is 1.73. The van der Waals surface area contributed by atoms with Gasteiger partial charge in [-0.2, -0.15) is 0 Å². The third-order valence-electron chi connectivity index (χ3n) is 2.90. The molecule has 0 saturated heterocycles. The molecule has 2 N–H and O–H groups in total. The molecule has 0 amide bonds. The minimum Gasteiger partial charge on any atom is -0.315 e. The molecule has 0 aliphatic heterocycles. The van der Waals surface area contributed by atoms with Crippen LogP contribution in [0.15, 0.2) is 6.20 Å². The van der Waals surface area contributed by atoms with Gasteiger partial charge in [-0.3, -0.25) is 0 Å². The first-order chi connectivity index (χ1) is 8.63. The predicted molar refractivity (Wildman–Crippen MR) is 80.3 cm³/mol. The lowest BCUT2D eigenvalue weighted by molar-refractivity contribution is 0.514. The zero-order valence-electron chi connectivity index (χ0n) is 12.1. The number of nitrogens with one attached hydrogen (secondary N) is 2. The van der Waals surface area contributed by atoms with Gasteiger partial charge < -0.3 is 10.6 Å². The molecule has 104 valence electrons. The fraction of sp³-hybridized carbons (Fsp3) is 0.786. The van der Waals surface area contributed by atoms with E-state index in [4.69, 9.17) is 0 Å². The topological polar surface area (TPSA) is 37.0 Å². The maximum absolute atomic E-state index is 4.47.